The Morgan fingerprint density at radius 2 is 2.25 bits per heavy atom. The molecule has 0 radical (unpaired) electrons. The van der Waals surface area contributed by atoms with Gasteiger partial charge in [-0.3, -0.25) is 0 Å². The molecule has 0 saturated heterocycles. The second-order valence-electron chi connectivity index (χ2n) is 4.42. The van der Waals surface area contributed by atoms with E-state index < -0.39 is 0 Å². The van der Waals surface area contributed by atoms with E-state index in [2.05, 4.69) is 24.1 Å². The normalized spacial score (nSPS) is 14.8. The summed E-state index contributed by atoms with van der Waals surface area (Å²) in [4.78, 5) is 4.01. The van der Waals surface area contributed by atoms with E-state index in [0.29, 0.717) is 5.15 Å². The molecule has 1 aromatic rings. The van der Waals surface area contributed by atoms with E-state index in [0.717, 1.165) is 25.1 Å². The zero-order valence-electron chi connectivity index (χ0n) is 9.83. The van der Waals surface area contributed by atoms with Crippen molar-refractivity contribution >= 4 is 11.6 Å². The monoisotopic (exact) mass is 242 g/mol. The standard InChI is InChI=1S/C12H19ClN2O/c1-3-12(2,9-16)8-14-6-10-4-5-11(13)15-7-10/h4-5,7,14,16H,3,6,8-9H2,1-2H3. The fraction of sp³-hybridized carbons (Fsp3) is 0.583. The first-order valence-electron chi connectivity index (χ1n) is 5.51. The minimum absolute atomic E-state index is 0.0418. The number of nitrogens with one attached hydrogen (secondary N) is 1. The van der Waals surface area contributed by atoms with Crippen LogP contribution in [0.4, 0.5) is 0 Å². The molecule has 0 aliphatic rings. The summed E-state index contributed by atoms with van der Waals surface area (Å²) in [5.74, 6) is 0. The Morgan fingerprint density at radius 3 is 2.75 bits per heavy atom. The van der Waals surface area contributed by atoms with Crippen LogP contribution in [0.2, 0.25) is 5.15 Å². The molecule has 1 unspecified atom stereocenters. The molecule has 1 rings (SSSR count). The molecule has 0 spiro atoms. The summed E-state index contributed by atoms with van der Waals surface area (Å²) >= 11 is 5.70. The zero-order valence-corrected chi connectivity index (χ0v) is 10.6. The maximum Gasteiger partial charge on any atom is 0.129 e. The first-order chi connectivity index (χ1) is 7.59. The highest BCUT2D eigenvalue weighted by atomic mass is 35.5. The van der Waals surface area contributed by atoms with Gasteiger partial charge in [-0.1, -0.05) is 31.5 Å². The molecule has 0 aliphatic carbocycles. The van der Waals surface area contributed by atoms with E-state index in [4.69, 9.17) is 11.6 Å². The third-order valence-electron chi connectivity index (χ3n) is 2.90. The van der Waals surface area contributed by atoms with E-state index >= 15 is 0 Å². The molecule has 0 bridgehead atoms. The molecule has 0 amide bonds. The Kier molecular flexibility index (Phi) is 5.19. The SMILES string of the molecule is CCC(C)(CO)CNCc1ccc(Cl)nc1. The van der Waals surface area contributed by atoms with Crippen molar-refractivity contribution in [2.75, 3.05) is 13.2 Å². The maximum atomic E-state index is 9.25. The van der Waals surface area contributed by atoms with E-state index in [9.17, 15) is 5.11 Å². The van der Waals surface area contributed by atoms with Crippen LogP contribution in [0.5, 0.6) is 0 Å². The average molecular weight is 243 g/mol. The van der Waals surface area contributed by atoms with Gasteiger partial charge in [-0.15, -0.1) is 0 Å². The van der Waals surface area contributed by atoms with Gasteiger partial charge in [0.2, 0.25) is 0 Å². The molecule has 2 N–H and O–H groups in total. The number of aliphatic hydroxyl groups is 1. The van der Waals surface area contributed by atoms with E-state index in [1.165, 1.54) is 0 Å². The van der Waals surface area contributed by atoms with Gasteiger partial charge >= 0.3 is 0 Å². The van der Waals surface area contributed by atoms with Crippen molar-refractivity contribution < 1.29 is 5.11 Å². The predicted molar refractivity (Wildman–Crippen MR) is 66.4 cm³/mol. The third kappa shape index (κ3) is 4.08. The lowest BCUT2D eigenvalue weighted by molar-refractivity contribution is 0.135. The molecule has 1 atom stereocenters. The second kappa shape index (κ2) is 6.18. The quantitative estimate of drug-likeness (QED) is 0.752. The summed E-state index contributed by atoms with van der Waals surface area (Å²) in [6.07, 6.45) is 2.72. The first kappa shape index (κ1) is 13.4. The van der Waals surface area contributed by atoms with E-state index in [1.54, 1.807) is 12.3 Å². The maximum absolute atomic E-state index is 9.25. The third-order valence-corrected chi connectivity index (χ3v) is 3.13. The van der Waals surface area contributed by atoms with Crippen LogP contribution in [0, 0.1) is 5.41 Å². The smallest absolute Gasteiger partial charge is 0.129 e. The minimum Gasteiger partial charge on any atom is -0.396 e. The van der Waals surface area contributed by atoms with Crippen molar-refractivity contribution in [2.45, 2.75) is 26.8 Å². The number of aliphatic hydroxyl groups excluding tert-OH is 1. The van der Waals surface area contributed by atoms with Crippen LogP contribution in [-0.4, -0.2) is 23.2 Å². The summed E-state index contributed by atoms with van der Waals surface area (Å²) in [5, 5.41) is 13.1. The highest BCUT2D eigenvalue weighted by Crippen LogP contribution is 2.18. The Hall–Kier alpha value is -0.640. The van der Waals surface area contributed by atoms with E-state index in [-0.39, 0.29) is 12.0 Å². The Balaban J connectivity index is 2.38. The van der Waals surface area contributed by atoms with Crippen molar-refractivity contribution in [1.29, 1.82) is 0 Å². The van der Waals surface area contributed by atoms with Crippen molar-refractivity contribution in [3.05, 3.63) is 29.0 Å². The number of rotatable bonds is 6. The summed E-state index contributed by atoms with van der Waals surface area (Å²) in [6, 6.07) is 3.73. The molecular weight excluding hydrogens is 224 g/mol. The molecule has 1 aromatic heterocycles. The fourth-order valence-electron chi connectivity index (χ4n) is 1.31. The van der Waals surface area contributed by atoms with Gasteiger partial charge in [0.15, 0.2) is 0 Å². The summed E-state index contributed by atoms with van der Waals surface area (Å²) in [7, 11) is 0. The van der Waals surface area contributed by atoms with E-state index in [1.807, 2.05) is 6.07 Å². The van der Waals surface area contributed by atoms with Crippen molar-refractivity contribution in [2.24, 2.45) is 5.41 Å². The molecule has 90 valence electrons. The van der Waals surface area contributed by atoms with Crippen LogP contribution in [0.25, 0.3) is 0 Å². The highest BCUT2D eigenvalue weighted by molar-refractivity contribution is 6.29. The molecule has 16 heavy (non-hydrogen) atoms. The largest absolute Gasteiger partial charge is 0.396 e. The van der Waals surface area contributed by atoms with Crippen LogP contribution in [0.3, 0.4) is 0 Å². The topological polar surface area (TPSA) is 45.1 Å². The molecular formula is C12H19ClN2O. The van der Waals surface area contributed by atoms with Crippen LogP contribution in [0.1, 0.15) is 25.8 Å². The highest BCUT2D eigenvalue weighted by Gasteiger charge is 2.19. The molecule has 0 aromatic carbocycles. The lowest BCUT2D eigenvalue weighted by Crippen LogP contribution is -2.34. The minimum atomic E-state index is -0.0418. The van der Waals surface area contributed by atoms with Gasteiger partial charge in [-0.25, -0.2) is 4.98 Å². The van der Waals surface area contributed by atoms with Crippen LogP contribution in [0.15, 0.2) is 18.3 Å². The van der Waals surface area contributed by atoms with Gasteiger partial charge in [0.1, 0.15) is 5.15 Å². The summed E-state index contributed by atoms with van der Waals surface area (Å²) in [6.45, 7) is 5.90. The second-order valence-corrected chi connectivity index (χ2v) is 4.80. The fourth-order valence-corrected chi connectivity index (χ4v) is 1.42. The van der Waals surface area contributed by atoms with Crippen molar-refractivity contribution in [3.63, 3.8) is 0 Å². The molecule has 0 aliphatic heterocycles. The van der Waals surface area contributed by atoms with Gasteiger partial charge in [-0.05, 0) is 18.1 Å². The number of pyridine rings is 1. The van der Waals surface area contributed by atoms with Crippen LogP contribution >= 0.6 is 11.6 Å². The molecule has 4 heteroatoms. The average Bonchev–Trinajstić information content (AvgIpc) is 2.31. The Morgan fingerprint density at radius 1 is 1.50 bits per heavy atom. The van der Waals surface area contributed by atoms with Crippen LogP contribution in [-0.2, 0) is 6.54 Å². The summed E-state index contributed by atoms with van der Waals surface area (Å²) in [5.41, 5.74) is 1.06. The van der Waals surface area contributed by atoms with Gasteiger partial charge in [0, 0.05) is 31.3 Å². The Labute approximate surface area is 102 Å². The Bertz CT molecular complexity index is 309. The van der Waals surface area contributed by atoms with Gasteiger partial charge in [-0.2, -0.15) is 0 Å². The van der Waals surface area contributed by atoms with Crippen LogP contribution < -0.4 is 5.32 Å². The van der Waals surface area contributed by atoms with Crippen molar-refractivity contribution in [1.82, 2.24) is 10.3 Å². The molecule has 3 nitrogen and oxygen atoms in total. The van der Waals surface area contributed by atoms with Gasteiger partial charge in [0.25, 0.3) is 0 Å². The zero-order chi connectivity index (χ0) is 12.0. The van der Waals surface area contributed by atoms with Gasteiger partial charge < -0.3 is 10.4 Å². The van der Waals surface area contributed by atoms with Crippen molar-refractivity contribution in [3.8, 4) is 0 Å². The first-order valence-corrected chi connectivity index (χ1v) is 5.89. The molecule has 0 fully saturated rings. The molecule has 1 heterocycles. The number of hydrogen-bond acceptors (Lipinski definition) is 3. The lowest BCUT2D eigenvalue weighted by Gasteiger charge is -2.25. The number of halogens is 1. The molecule has 0 saturated carbocycles. The number of aromatic nitrogens is 1. The number of nitrogens with zero attached hydrogens (tertiary/aromatic N) is 1. The lowest BCUT2D eigenvalue weighted by atomic mass is 9.88. The van der Waals surface area contributed by atoms with Gasteiger partial charge in [0.05, 0.1) is 0 Å². The number of hydrogen-bond donors (Lipinski definition) is 2. The summed E-state index contributed by atoms with van der Waals surface area (Å²) < 4.78 is 0. The predicted octanol–water partition coefficient (Wildman–Crippen LogP) is 2.23.